The van der Waals surface area contributed by atoms with E-state index in [1.54, 1.807) is 26.0 Å². The first-order chi connectivity index (χ1) is 7.86. The van der Waals surface area contributed by atoms with Gasteiger partial charge < -0.3 is 5.11 Å². The van der Waals surface area contributed by atoms with Gasteiger partial charge in [0, 0.05) is 17.7 Å². The molecule has 1 aromatic rings. The number of halogens is 1. The lowest BCUT2D eigenvalue weighted by molar-refractivity contribution is 0.275. The topological polar surface area (TPSA) is 66.4 Å². The molecule has 0 fully saturated rings. The van der Waals surface area contributed by atoms with Crippen LogP contribution < -0.4 is 4.72 Å². The van der Waals surface area contributed by atoms with Crippen molar-refractivity contribution in [2.24, 2.45) is 0 Å². The maximum atomic E-state index is 12.0. The quantitative estimate of drug-likeness (QED) is 0.861. The molecule has 0 radical (unpaired) electrons. The van der Waals surface area contributed by atoms with Crippen molar-refractivity contribution >= 4 is 21.6 Å². The van der Waals surface area contributed by atoms with Crippen molar-refractivity contribution in [2.75, 3.05) is 6.61 Å². The molecule has 1 aromatic carbocycles. The minimum absolute atomic E-state index is 0.0573. The van der Waals surface area contributed by atoms with Gasteiger partial charge in [-0.25, -0.2) is 13.1 Å². The Morgan fingerprint density at radius 1 is 1.47 bits per heavy atom. The molecule has 17 heavy (non-hydrogen) atoms. The second-order valence-electron chi connectivity index (χ2n) is 3.94. The predicted octanol–water partition coefficient (Wildman–Crippen LogP) is 1.70. The molecule has 1 atom stereocenters. The number of sulfonamides is 1. The highest BCUT2D eigenvalue weighted by molar-refractivity contribution is 7.89. The van der Waals surface area contributed by atoms with E-state index in [1.165, 1.54) is 6.07 Å². The van der Waals surface area contributed by atoms with Crippen LogP contribution in [0.2, 0.25) is 5.02 Å². The van der Waals surface area contributed by atoms with Crippen LogP contribution in [0.15, 0.2) is 23.1 Å². The zero-order valence-electron chi connectivity index (χ0n) is 9.77. The van der Waals surface area contributed by atoms with E-state index >= 15 is 0 Å². The average molecular weight is 278 g/mol. The Bertz CT molecular complexity index is 487. The number of aliphatic hydroxyl groups excluding tert-OH is 1. The van der Waals surface area contributed by atoms with Crippen LogP contribution in [-0.2, 0) is 10.0 Å². The molecule has 1 unspecified atom stereocenters. The standard InChI is InChI=1S/C11H16ClNO3S/c1-8-3-4-10(12)7-11(8)17(15,16)13-9(2)5-6-14/h3-4,7,9,13-14H,5-6H2,1-2H3. The van der Waals surface area contributed by atoms with Crippen LogP contribution in [0.25, 0.3) is 0 Å². The third kappa shape index (κ3) is 3.96. The Morgan fingerprint density at radius 3 is 2.71 bits per heavy atom. The summed E-state index contributed by atoms with van der Waals surface area (Å²) in [6.45, 7) is 3.35. The summed E-state index contributed by atoms with van der Waals surface area (Å²) < 4.78 is 26.6. The molecule has 0 bridgehead atoms. The number of rotatable bonds is 5. The van der Waals surface area contributed by atoms with Gasteiger partial charge in [-0.15, -0.1) is 0 Å². The summed E-state index contributed by atoms with van der Waals surface area (Å²) in [5, 5.41) is 9.13. The van der Waals surface area contributed by atoms with E-state index < -0.39 is 10.0 Å². The van der Waals surface area contributed by atoms with Crippen molar-refractivity contribution < 1.29 is 13.5 Å². The molecule has 0 saturated carbocycles. The number of nitrogens with one attached hydrogen (secondary N) is 1. The Morgan fingerprint density at radius 2 is 2.12 bits per heavy atom. The van der Waals surface area contributed by atoms with Gasteiger partial charge in [-0.1, -0.05) is 17.7 Å². The van der Waals surface area contributed by atoms with Gasteiger partial charge >= 0.3 is 0 Å². The minimum Gasteiger partial charge on any atom is -0.396 e. The highest BCUT2D eigenvalue weighted by atomic mass is 35.5. The van der Waals surface area contributed by atoms with Gasteiger partial charge in [0.2, 0.25) is 10.0 Å². The van der Waals surface area contributed by atoms with Gasteiger partial charge in [-0.05, 0) is 38.0 Å². The van der Waals surface area contributed by atoms with Crippen molar-refractivity contribution in [3.63, 3.8) is 0 Å². The smallest absolute Gasteiger partial charge is 0.241 e. The van der Waals surface area contributed by atoms with E-state index in [0.717, 1.165) is 0 Å². The second kappa shape index (κ2) is 5.82. The third-order valence-electron chi connectivity index (χ3n) is 2.36. The van der Waals surface area contributed by atoms with Crippen LogP contribution in [0.5, 0.6) is 0 Å². The van der Waals surface area contributed by atoms with Gasteiger partial charge in [-0.3, -0.25) is 0 Å². The van der Waals surface area contributed by atoms with Crippen molar-refractivity contribution in [1.82, 2.24) is 4.72 Å². The van der Waals surface area contributed by atoms with E-state index in [9.17, 15) is 8.42 Å². The number of hydrogen-bond donors (Lipinski definition) is 2. The summed E-state index contributed by atoms with van der Waals surface area (Å²) >= 11 is 5.79. The third-order valence-corrected chi connectivity index (χ3v) is 4.32. The van der Waals surface area contributed by atoms with Crippen molar-refractivity contribution in [1.29, 1.82) is 0 Å². The maximum absolute atomic E-state index is 12.0. The maximum Gasteiger partial charge on any atom is 0.241 e. The molecule has 0 aliphatic heterocycles. The van der Waals surface area contributed by atoms with Crippen LogP contribution in [0.1, 0.15) is 18.9 Å². The SMILES string of the molecule is Cc1ccc(Cl)cc1S(=O)(=O)NC(C)CCO. The van der Waals surface area contributed by atoms with Crippen molar-refractivity contribution in [3.05, 3.63) is 28.8 Å². The van der Waals surface area contributed by atoms with Crippen LogP contribution in [0.4, 0.5) is 0 Å². The fourth-order valence-electron chi connectivity index (χ4n) is 1.44. The molecule has 96 valence electrons. The second-order valence-corrected chi connectivity index (χ2v) is 6.06. The lowest BCUT2D eigenvalue weighted by Crippen LogP contribution is -2.33. The monoisotopic (exact) mass is 277 g/mol. The molecular weight excluding hydrogens is 262 g/mol. The number of hydrogen-bond acceptors (Lipinski definition) is 3. The molecule has 6 heteroatoms. The molecule has 4 nitrogen and oxygen atoms in total. The fraction of sp³-hybridized carbons (Fsp3) is 0.455. The number of aryl methyl sites for hydroxylation is 1. The minimum atomic E-state index is -3.58. The molecule has 0 heterocycles. The summed E-state index contributed by atoms with van der Waals surface area (Å²) in [6, 6.07) is 4.41. The van der Waals surface area contributed by atoms with Gasteiger partial charge in [0.1, 0.15) is 0 Å². The molecule has 0 amide bonds. The molecule has 1 rings (SSSR count). The van der Waals surface area contributed by atoms with Gasteiger partial charge in [-0.2, -0.15) is 0 Å². The lowest BCUT2D eigenvalue weighted by atomic mass is 10.2. The molecule has 0 aliphatic rings. The zero-order chi connectivity index (χ0) is 13.1. The first-order valence-corrected chi connectivity index (χ1v) is 7.12. The summed E-state index contributed by atoms with van der Waals surface area (Å²) in [4.78, 5) is 0.176. The van der Waals surface area contributed by atoms with Gasteiger partial charge in [0.25, 0.3) is 0 Å². The van der Waals surface area contributed by atoms with Crippen molar-refractivity contribution in [2.45, 2.75) is 31.2 Å². The Labute approximate surface area is 107 Å². The van der Waals surface area contributed by atoms with Gasteiger partial charge in [0.05, 0.1) is 4.90 Å². The Hall–Kier alpha value is -0.620. The van der Waals surface area contributed by atoms with Crippen LogP contribution in [0.3, 0.4) is 0 Å². The van der Waals surface area contributed by atoms with E-state index in [0.29, 0.717) is 17.0 Å². The molecule has 2 N–H and O–H groups in total. The van der Waals surface area contributed by atoms with Crippen LogP contribution in [-0.4, -0.2) is 26.2 Å². The van der Waals surface area contributed by atoms with Crippen LogP contribution in [0, 0.1) is 6.92 Å². The fourth-order valence-corrected chi connectivity index (χ4v) is 3.23. The summed E-state index contributed by atoms with van der Waals surface area (Å²) in [5.41, 5.74) is 0.637. The lowest BCUT2D eigenvalue weighted by Gasteiger charge is -2.14. The molecule has 0 spiro atoms. The first-order valence-electron chi connectivity index (χ1n) is 5.26. The largest absolute Gasteiger partial charge is 0.396 e. The number of aliphatic hydroxyl groups is 1. The normalized spacial score (nSPS) is 13.6. The Balaban J connectivity index is 3.01. The van der Waals surface area contributed by atoms with E-state index in [2.05, 4.69) is 4.72 Å². The first kappa shape index (κ1) is 14.4. The van der Waals surface area contributed by atoms with E-state index in [4.69, 9.17) is 16.7 Å². The summed E-state index contributed by atoms with van der Waals surface area (Å²) in [6.07, 6.45) is 0.374. The van der Waals surface area contributed by atoms with Gasteiger partial charge in [0.15, 0.2) is 0 Å². The molecule has 0 saturated heterocycles. The summed E-state index contributed by atoms with van der Waals surface area (Å²) in [7, 11) is -3.58. The highest BCUT2D eigenvalue weighted by Gasteiger charge is 2.19. The number of benzene rings is 1. The van der Waals surface area contributed by atoms with E-state index in [-0.39, 0.29) is 17.5 Å². The van der Waals surface area contributed by atoms with E-state index in [1.807, 2.05) is 0 Å². The molecule has 0 aromatic heterocycles. The molecular formula is C11H16ClNO3S. The van der Waals surface area contributed by atoms with Crippen molar-refractivity contribution in [3.8, 4) is 0 Å². The summed E-state index contributed by atoms with van der Waals surface area (Å²) in [5.74, 6) is 0. The van der Waals surface area contributed by atoms with Crippen LogP contribution >= 0.6 is 11.6 Å². The zero-order valence-corrected chi connectivity index (χ0v) is 11.3. The Kier molecular flexibility index (Phi) is 4.94. The average Bonchev–Trinajstić information content (AvgIpc) is 2.21. The molecule has 0 aliphatic carbocycles. The highest BCUT2D eigenvalue weighted by Crippen LogP contribution is 2.20. The predicted molar refractivity (Wildman–Crippen MR) is 67.7 cm³/mol.